The maximum absolute atomic E-state index is 12.9. The lowest BCUT2D eigenvalue weighted by Gasteiger charge is -2.10. The molecule has 0 aliphatic rings. The van der Waals surface area contributed by atoms with E-state index in [1.165, 1.54) is 44.1 Å². The summed E-state index contributed by atoms with van der Waals surface area (Å²) in [7, 11) is 0. The van der Waals surface area contributed by atoms with Gasteiger partial charge >= 0.3 is 5.97 Å². The lowest BCUT2D eigenvalue weighted by atomic mass is 10.0. The smallest absolute Gasteiger partial charge is 0.374 e. The van der Waals surface area contributed by atoms with Crippen LogP contribution in [0.3, 0.4) is 0 Å². The van der Waals surface area contributed by atoms with Crippen molar-refractivity contribution in [1.29, 1.82) is 0 Å². The highest BCUT2D eigenvalue weighted by Gasteiger charge is 2.17. The maximum atomic E-state index is 12.9. The van der Waals surface area contributed by atoms with Gasteiger partial charge in [-0.2, -0.15) is 0 Å². The Kier molecular flexibility index (Phi) is 10.1. The molecule has 1 N–H and O–H groups in total. The van der Waals surface area contributed by atoms with Crippen molar-refractivity contribution >= 4 is 28.5 Å². The SMILES string of the molecule is CCCCCCCCCc1ccc(C(=O)Nc2cccc3c(=O)cc(C(=O)OCCC)oc23)cc1. The van der Waals surface area contributed by atoms with Crippen LogP contribution in [0.2, 0.25) is 0 Å². The van der Waals surface area contributed by atoms with Crippen LogP contribution in [0, 0.1) is 0 Å². The number of anilines is 1. The van der Waals surface area contributed by atoms with Crippen LogP contribution in [0.25, 0.3) is 11.0 Å². The topological polar surface area (TPSA) is 85.6 Å². The number of ether oxygens (including phenoxy) is 1. The average molecular weight is 478 g/mol. The molecule has 0 fully saturated rings. The van der Waals surface area contributed by atoms with E-state index in [2.05, 4.69) is 12.2 Å². The number of rotatable bonds is 13. The fraction of sp³-hybridized carbons (Fsp3) is 0.414. The fourth-order valence-corrected chi connectivity index (χ4v) is 3.95. The van der Waals surface area contributed by atoms with Crippen LogP contribution in [0.1, 0.15) is 91.7 Å². The van der Waals surface area contributed by atoms with E-state index < -0.39 is 5.97 Å². The molecule has 3 rings (SSSR count). The summed E-state index contributed by atoms with van der Waals surface area (Å²) in [6, 6.07) is 13.6. The van der Waals surface area contributed by atoms with Crippen LogP contribution in [0.5, 0.6) is 0 Å². The van der Waals surface area contributed by atoms with E-state index in [1.54, 1.807) is 30.3 Å². The molecule has 0 bridgehead atoms. The van der Waals surface area contributed by atoms with Gasteiger partial charge in [-0.25, -0.2) is 4.79 Å². The van der Waals surface area contributed by atoms with Crippen molar-refractivity contribution in [3.8, 4) is 0 Å². The van der Waals surface area contributed by atoms with Gasteiger partial charge in [0, 0.05) is 11.6 Å². The number of benzene rings is 2. The Labute approximate surface area is 206 Å². The van der Waals surface area contributed by atoms with Crippen LogP contribution >= 0.6 is 0 Å². The summed E-state index contributed by atoms with van der Waals surface area (Å²) in [6.07, 6.45) is 10.5. The highest BCUT2D eigenvalue weighted by molar-refractivity contribution is 6.08. The number of unbranched alkanes of at least 4 members (excludes halogenated alkanes) is 6. The van der Waals surface area contributed by atoms with Gasteiger partial charge in [0.25, 0.3) is 5.91 Å². The summed E-state index contributed by atoms with van der Waals surface area (Å²) in [5, 5.41) is 3.09. The minimum atomic E-state index is -0.705. The second kappa shape index (κ2) is 13.5. The quantitative estimate of drug-likeness (QED) is 0.214. The number of para-hydroxylation sites is 1. The standard InChI is InChI=1S/C29H35NO5/c1-3-5-6-7-8-9-10-12-21-15-17-22(18-16-21)28(32)30-24-14-11-13-23-25(31)20-26(35-27(23)24)29(33)34-19-4-2/h11,13-18,20H,3-10,12,19H2,1-2H3,(H,30,32). The summed E-state index contributed by atoms with van der Waals surface area (Å²) in [4.78, 5) is 37.6. The van der Waals surface area contributed by atoms with Crippen LogP contribution < -0.4 is 10.7 Å². The Hall–Kier alpha value is -3.41. The second-order valence-electron chi connectivity index (χ2n) is 8.82. The molecule has 1 amide bonds. The molecule has 2 aromatic carbocycles. The normalized spacial score (nSPS) is 10.9. The monoisotopic (exact) mass is 477 g/mol. The Balaban J connectivity index is 1.65. The van der Waals surface area contributed by atoms with E-state index in [-0.39, 0.29) is 34.7 Å². The molecular weight excluding hydrogens is 442 g/mol. The zero-order valence-corrected chi connectivity index (χ0v) is 20.7. The van der Waals surface area contributed by atoms with Crippen LogP contribution in [-0.4, -0.2) is 18.5 Å². The molecule has 1 aromatic heterocycles. The second-order valence-corrected chi connectivity index (χ2v) is 8.82. The van der Waals surface area contributed by atoms with Crippen LogP contribution in [0.4, 0.5) is 5.69 Å². The Morgan fingerprint density at radius 1 is 0.886 bits per heavy atom. The first-order valence-corrected chi connectivity index (χ1v) is 12.7. The summed E-state index contributed by atoms with van der Waals surface area (Å²) >= 11 is 0. The van der Waals surface area contributed by atoms with E-state index in [9.17, 15) is 14.4 Å². The maximum Gasteiger partial charge on any atom is 0.374 e. The molecule has 3 aromatic rings. The van der Waals surface area contributed by atoms with Crippen LogP contribution in [0.15, 0.2) is 57.7 Å². The van der Waals surface area contributed by atoms with E-state index in [0.29, 0.717) is 17.7 Å². The van der Waals surface area contributed by atoms with Crippen molar-refractivity contribution in [2.24, 2.45) is 0 Å². The van der Waals surface area contributed by atoms with Gasteiger partial charge in [-0.05, 0) is 49.1 Å². The van der Waals surface area contributed by atoms with Crippen LogP contribution in [-0.2, 0) is 11.2 Å². The summed E-state index contributed by atoms with van der Waals surface area (Å²) in [6.45, 7) is 4.33. The number of hydrogen-bond acceptors (Lipinski definition) is 5. The molecule has 0 aliphatic carbocycles. The minimum Gasteiger partial charge on any atom is -0.460 e. The predicted molar refractivity (Wildman–Crippen MR) is 139 cm³/mol. The molecule has 35 heavy (non-hydrogen) atoms. The molecule has 0 unspecified atom stereocenters. The molecule has 0 saturated carbocycles. The van der Waals surface area contributed by atoms with Gasteiger partial charge in [0.2, 0.25) is 5.76 Å². The molecule has 186 valence electrons. The average Bonchev–Trinajstić information content (AvgIpc) is 2.87. The number of esters is 1. The molecule has 1 heterocycles. The number of nitrogens with one attached hydrogen (secondary N) is 1. The summed E-state index contributed by atoms with van der Waals surface area (Å²) < 4.78 is 10.8. The molecular formula is C29H35NO5. The van der Waals surface area contributed by atoms with Gasteiger partial charge in [0.15, 0.2) is 11.0 Å². The predicted octanol–water partition coefficient (Wildman–Crippen LogP) is 6.91. The first-order chi connectivity index (χ1) is 17.0. The highest BCUT2D eigenvalue weighted by Crippen LogP contribution is 2.23. The molecule has 0 saturated heterocycles. The number of amides is 1. The molecule has 0 spiro atoms. The van der Waals surface area contributed by atoms with E-state index in [0.717, 1.165) is 18.9 Å². The van der Waals surface area contributed by atoms with Gasteiger partial charge < -0.3 is 14.5 Å². The molecule has 0 radical (unpaired) electrons. The minimum absolute atomic E-state index is 0.146. The van der Waals surface area contributed by atoms with E-state index >= 15 is 0 Å². The Morgan fingerprint density at radius 2 is 1.60 bits per heavy atom. The van der Waals surface area contributed by atoms with Crippen molar-refractivity contribution in [2.75, 3.05) is 11.9 Å². The third-order valence-corrected chi connectivity index (χ3v) is 5.93. The largest absolute Gasteiger partial charge is 0.460 e. The Bertz CT molecular complexity index is 1180. The lowest BCUT2D eigenvalue weighted by Crippen LogP contribution is -2.14. The van der Waals surface area contributed by atoms with Gasteiger partial charge in [-0.15, -0.1) is 0 Å². The zero-order valence-electron chi connectivity index (χ0n) is 20.7. The van der Waals surface area contributed by atoms with Crippen molar-refractivity contribution in [3.05, 3.63) is 75.6 Å². The van der Waals surface area contributed by atoms with Gasteiger partial charge in [-0.1, -0.05) is 70.6 Å². The number of aryl methyl sites for hydroxylation is 1. The van der Waals surface area contributed by atoms with Gasteiger partial charge in [-0.3, -0.25) is 9.59 Å². The van der Waals surface area contributed by atoms with Crippen molar-refractivity contribution < 1.29 is 18.7 Å². The first-order valence-electron chi connectivity index (χ1n) is 12.7. The third-order valence-electron chi connectivity index (χ3n) is 5.93. The molecule has 0 aliphatic heterocycles. The Morgan fingerprint density at radius 3 is 2.31 bits per heavy atom. The van der Waals surface area contributed by atoms with Gasteiger partial charge in [0.05, 0.1) is 17.7 Å². The first kappa shape index (κ1) is 26.2. The summed E-state index contributed by atoms with van der Waals surface area (Å²) in [5.74, 6) is -1.21. The van der Waals surface area contributed by atoms with E-state index in [4.69, 9.17) is 9.15 Å². The van der Waals surface area contributed by atoms with Crippen molar-refractivity contribution in [1.82, 2.24) is 0 Å². The molecule has 0 atom stereocenters. The highest BCUT2D eigenvalue weighted by atomic mass is 16.5. The number of hydrogen-bond donors (Lipinski definition) is 1. The van der Waals surface area contributed by atoms with Gasteiger partial charge in [0.1, 0.15) is 0 Å². The lowest BCUT2D eigenvalue weighted by molar-refractivity contribution is 0.0469. The van der Waals surface area contributed by atoms with Crippen molar-refractivity contribution in [2.45, 2.75) is 71.6 Å². The number of fused-ring (bicyclic) bond motifs is 1. The molecule has 6 nitrogen and oxygen atoms in total. The summed E-state index contributed by atoms with van der Waals surface area (Å²) in [5.41, 5.74) is 1.81. The molecule has 6 heteroatoms. The number of carbonyl (C=O) groups excluding carboxylic acids is 2. The van der Waals surface area contributed by atoms with Crippen molar-refractivity contribution in [3.63, 3.8) is 0 Å². The fourth-order valence-electron chi connectivity index (χ4n) is 3.95. The van der Waals surface area contributed by atoms with E-state index in [1.807, 2.05) is 19.1 Å². The third kappa shape index (κ3) is 7.54. The number of carbonyl (C=O) groups is 2. The zero-order chi connectivity index (χ0) is 25.0.